The standard InChI is InChI=1S/C16H21N5/c1-20(2)7-3-4-14-9-17-16-6-5-13(8-15(14)16)10-21-11-18-19-12-21/h5-6,8-9,11-12,17H,3-4,7,10H2,1-2H3. The van der Waals surface area contributed by atoms with Crippen LogP contribution in [0.15, 0.2) is 37.1 Å². The van der Waals surface area contributed by atoms with E-state index in [1.807, 2.05) is 4.57 Å². The van der Waals surface area contributed by atoms with Gasteiger partial charge in [0.05, 0.1) is 6.54 Å². The molecule has 0 amide bonds. The minimum atomic E-state index is 0.811. The SMILES string of the molecule is CN(C)CCCc1c[nH]c2ccc(Cn3cnnc3)cc12. The lowest BCUT2D eigenvalue weighted by atomic mass is 10.1. The van der Waals surface area contributed by atoms with Crippen molar-refractivity contribution in [3.8, 4) is 0 Å². The van der Waals surface area contributed by atoms with E-state index in [0.29, 0.717) is 0 Å². The smallest absolute Gasteiger partial charge is 0.119 e. The van der Waals surface area contributed by atoms with Gasteiger partial charge in [-0.2, -0.15) is 0 Å². The van der Waals surface area contributed by atoms with Gasteiger partial charge in [0.2, 0.25) is 0 Å². The van der Waals surface area contributed by atoms with E-state index in [1.165, 1.54) is 28.5 Å². The summed E-state index contributed by atoms with van der Waals surface area (Å²) in [6.45, 7) is 1.93. The maximum absolute atomic E-state index is 3.85. The number of hydrogen-bond donors (Lipinski definition) is 1. The molecule has 0 radical (unpaired) electrons. The zero-order valence-electron chi connectivity index (χ0n) is 12.6. The number of benzene rings is 1. The lowest BCUT2D eigenvalue weighted by molar-refractivity contribution is 0.400. The van der Waals surface area contributed by atoms with Crippen LogP contribution in [0.2, 0.25) is 0 Å². The number of H-pyrrole nitrogens is 1. The molecule has 5 heteroatoms. The third-order valence-corrected chi connectivity index (χ3v) is 3.72. The molecule has 0 fully saturated rings. The summed E-state index contributed by atoms with van der Waals surface area (Å²) in [5.74, 6) is 0. The van der Waals surface area contributed by atoms with Crippen LogP contribution in [0.3, 0.4) is 0 Å². The van der Waals surface area contributed by atoms with Gasteiger partial charge in [-0.25, -0.2) is 0 Å². The van der Waals surface area contributed by atoms with Gasteiger partial charge in [0.15, 0.2) is 0 Å². The fourth-order valence-corrected chi connectivity index (χ4v) is 2.63. The molecule has 1 aromatic carbocycles. The number of aromatic amines is 1. The highest BCUT2D eigenvalue weighted by atomic mass is 15.2. The lowest BCUT2D eigenvalue weighted by Crippen LogP contribution is -2.13. The summed E-state index contributed by atoms with van der Waals surface area (Å²) in [5.41, 5.74) is 3.88. The highest BCUT2D eigenvalue weighted by Gasteiger charge is 2.05. The Labute approximate surface area is 124 Å². The topological polar surface area (TPSA) is 49.7 Å². The Balaban J connectivity index is 1.78. The van der Waals surface area contributed by atoms with Crippen LogP contribution in [0.25, 0.3) is 10.9 Å². The number of aryl methyl sites for hydroxylation is 1. The van der Waals surface area contributed by atoms with Crippen LogP contribution in [-0.4, -0.2) is 45.3 Å². The molecule has 3 aromatic rings. The minimum Gasteiger partial charge on any atom is -0.361 e. The normalized spacial score (nSPS) is 11.6. The van der Waals surface area contributed by atoms with Crippen LogP contribution in [0, 0.1) is 0 Å². The second kappa shape index (κ2) is 6.10. The van der Waals surface area contributed by atoms with Gasteiger partial charge in [-0.15, -0.1) is 10.2 Å². The van der Waals surface area contributed by atoms with Gasteiger partial charge in [-0.3, -0.25) is 0 Å². The minimum absolute atomic E-state index is 0.811. The molecule has 110 valence electrons. The van der Waals surface area contributed by atoms with E-state index in [9.17, 15) is 0 Å². The molecule has 5 nitrogen and oxygen atoms in total. The summed E-state index contributed by atoms with van der Waals surface area (Å²) >= 11 is 0. The van der Waals surface area contributed by atoms with E-state index in [2.05, 4.69) is 58.6 Å². The van der Waals surface area contributed by atoms with E-state index in [4.69, 9.17) is 0 Å². The molecule has 2 aromatic heterocycles. The van der Waals surface area contributed by atoms with E-state index in [0.717, 1.165) is 19.5 Å². The predicted octanol–water partition coefficient (Wildman–Crippen LogP) is 2.30. The average Bonchev–Trinajstić information content (AvgIpc) is 3.09. The van der Waals surface area contributed by atoms with Gasteiger partial charge < -0.3 is 14.5 Å². The summed E-state index contributed by atoms with van der Waals surface area (Å²) < 4.78 is 1.99. The molecule has 0 spiro atoms. The quantitative estimate of drug-likeness (QED) is 0.755. The molecule has 1 N–H and O–H groups in total. The first kappa shape index (κ1) is 13.8. The van der Waals surface area contributed by atoms with Crippen molar-refractivity contribution in [2.45, 2.75) is 19.4 Å². The molecule has 0 unspecified atom stereocenters. The molecule has 0 bridgehead atoms. The fourth-order valence-electron chi connectivity index (χ4n) is 2.63. The van der Waals surface area contributed by atoms with Crippen LogP contribution in [-0.2, 0) is 13.0 Å². The zero-order chi connectivity index (χ0) is 14.7. The Morgan fingerprint density at radius 2 is 2.00 bits per heavy atom. The Hall–Kier alpha value is -2.14. The van der Waals surface area contributed by atoms with Crippen LogP contribution in [0.1, 0.15) is 17.5 Å². The Morgan fingerprint density at radius 1 is 1.19 bits per heavy atom. The number of nitrogens with zero attached hydrogens (tertiary/aromatic N) is 4. The summed E-state index contributed by atoms with van der Waals surface area (Å²) in [4.78, 5) is 5.60. The van der Waals surface area contributed by atoms with Crippen molar-refractivity contribution < 1.29 is 0 Å². The van der Waals surface area contributed by atoms with Crippen LogP contribution < -0.4 is 0 Å². The molecule has 0 aliphatic rings. The number of rotatable bonds is 6. The summed E-state index contributed by atoms with van der Waals surface area (Å²) in [5, 5.41) is 9.03. The molecule has 0 aliphatic carbocycles. The number of hydrogen-bond acceptors (Lipinski definition) is 3. The third kappa shape index (κ3) is 3.31. The monoisotopic (exact) mass is 283 g/mol. The second-order valence-electron chi connectivity index (χ2n) is 5.73. The maximum atomic E-state index is 3.85. The Morgan fingerprint density at radius 3 is 2.76 bits per heavy atom. The summed E-state index contributed by atoms with van der Waals surface area (Å²) in [7, 11) is 4.24. The van der Waals surface area contributed by atoms with Gasteiger partial charge in [-0.05, 0) is 56.7 Å². The van der Waals surface area contributed by atoms with Gasteiger partial charge in [0.1, 0.15) is 12.7 Å². The first-order chi connectivity index (χ1) is 10.2. The van der Waals surface area contributed by atoms with E-state index >= 15 is 0 Å². The molecule has 0 atom stereocenters. The van der Waals surface area contributed by atoms with Crippen LogP contribution in [0.4, 0.5) is 0 Å². The number of fused-ring (bicyclic) bond motifs is 1. The molecule has 3 rings (SSSR count). The fraction of sp³-hybridized carbons (Fsp3) is 0.375. The Bertz CT molecular complexity index is 697. The van der Waals surface area contributed by atoms with Crippen molar-refractivity contribution >= 4 is 10.9 Å². The molecule has 0 saturated carbocycles. The summed E-state index contributed by atoms with van der Waals surface area (Å²) in [6.07, 6.45) is 7.92. The first-order valence-electron chi connectivity index (χ1n) is 7.28. The second-order valence-corrected chi connectivity index (χ2v) is 5.73. The van der Waals surface area contributed by atoms with Gasteiger partial charge in [0, 0.05) is 17.1 Å². The molecule has 21 heavy (non-hydrogen) atoms. The maximum Gasteiger partial charge on any atom is 0.119 e. The van der Waals surface area contributed by atoms with E-state index in [1.54, 1.807) is 12.7 Å². The van der Waals surface area contributed by atoms with E-state index < -0.39 is 0 Å². The summed E-state index contributed by atoms with van der Waals surface area (Å²) in [6, 6.07) is 6.59. The van der Waals surface area contributed by atoms with Crippen molar-refractivity contribution in [2.75, 3.05) is 20.6 Å². The predicted molar refractivity (Wildman–Crippen MR) is 84.3 cm³/mol. The molecule has 0 saturated heterocycles. The van der Waals surface area contributed by atoms with Crippen LogP contribution >= 0.6 is 0 Å². The number of nitrogens with one attached hydrogen (secondary N) is 1. The zero-order valence-corrected chi connectivity index (χ0v) is 12.6. The molecule has 0 aliphatic heterocycles. The molecule has 2 heterocycles. The van der Waals surface area contributed by atoms with Gasteiger partial charge in [0.25, 0.3) is 0 Å². The lowest BCUT2D eigenvalue weighted by Gasteiger charge is -2.08. The molecular weight excluding hydrogens is 262 g/mol. The van der Waals surface area contributed by atoms with Gasteiger partial charge in [-0.1, -0.05) is 6.07 Å². The third-order valence-electron chi connectivity index (χ3n) is 3.72. The number of aromatic nitrogens is 4. The van der Waals surface area contributed by atoms with Crippen LogP contribution in [0.5, 0.6) is 0 Å². The van der Waals surface area contributed by atoms with Crippen molar-refractivity contribution in [2.24, 2.45) is 0 Å². The van der Waals surface area contributed by atoms with Crippen molar-refractivity contribution in [3.63, 3.8) is 0 Å². The first-order valence-corrected chi connectivity index (χ1v) is 7.28. The van der Waals surface area contributed by atoms with Crippen molar-refractivity contribution in [3.05, 3.63) is 48.2 Å². The molecular formula is C16H21N5. The van der Waals surface area contributed by atoms with Gasteiger partial charge >= 0.3 is 0 Å². The highest BCUT2D eigenvalue weighted by molar-refractivity contribution is 5.83. The van der Waals surface area contributed by atoms with Crippen molar-refractivity contribution in [1.29, 1.82) is 0 Å². The largest absolute Gasteiger partial charge is 0.361 e. The van der Waals surface area contributed by atoms with Crippen molar-refractivity contribution in [1.82, 2.24) is 24.6 Å². The Kier molecular flexibility index (Phi) is 4.01. The highest BCUT2D eigenvalue weighted by Crippen LogP contribution is 2.21. The average molecular weight is 283 g/mol. The van der Waals surface area contributed by atoms with E-state index in [-0.39, 0.29) is 0 Å².